The smallest absolute Gasteiger partial charge is 0.419 e. The van der Waals surface area contributed by atoms with Crippen LogP contribution in [0.1, 0.15) is 11.3 Å². The van der Waals surface area contributed by atoms with Crippen LogP contribution in [-0.2, 0) is 12.7 Å². The first-order valence-electron chi connectivity index (χ1n) is 5.50. The number of para-hydroxylation sites is 1. The molecule has 3 nitrogen and oxygen atoms in total. The fourth-order valence-electron chi connectivity index (χ4n) is 1.51. The molecule has 0 bridgehead atoms. The number of nitrogens with zero attached hydrogens (tertiary/aromatic N) is 1. The molecule has 1 heterocycles. The fraction of sp³-hybridized carbons (Fsp3) is 0.154. The highest BCUT2D eigenvalue weighted by Crippen LogP contribution is 2.37. The van der Waals surface area contributed by atoms with E-state index in [1.165, 1.54) is 30.5 Å². The molecule has 1 aromatic carbocycles. The van der Waals surface area contributed by atoms with Crippen LogP contribution in [0.3, 0.4) is 0 Å². The zero-order chi connectivity index (χ0) is 13.9. The van der Waals surface area contributed by atoms with Gasteiger partial charge in [0, 0.05) is 6.54 Å². The number of pyridine rings is 1. The van der Waals surface area contributed by atoms with Crippen LogP contribution in [0, 0.1) is 0 Å². The Bertz CT molecular complexity index is 553. The van der Waals surface area contributed by atoms with Crippen molar-refractivity contribution in [3.63, 3.8) is 0 Å². The third-order valence-electron chi connectivity index (χ3n) is 2.43. The number of halogens is 3. The molecule has 19 heavy (non-hydrogen) atoms. The average Bonchev–Trinajstić information content (AvgIpc) is 2.39. The number of benzene rings is 1. The first-order chi connectivity index (χ1) is 9.00. The molecule has 0 aliphatic rings. The lowest BCUT2D eigenvalue weighted by molar-refractivity contribution is -0.138. The summed E-state index contributed by atoms with van der Waals surface area (Å²) in [6.45, 7) is 0.263. The minimum Gasteiger partial charge on any atom is -0.455 e. The third-order valence-corrected chi connectivity index (χ3v) is 2.43. The van der Waals surface area contributed by atoms with Crippen molar-refractivity contribution in [2.45, 2.75) is 12.7 Å². The molecule has 0 unspecified atom stereocenters. The van der Waals surface area contributed by atoms with Crippen molar-refractivity contribution in [1.29, 1.82) is 0 Å². The Morgan fingerprint density at radius 2 is 1.84 bits per heavy atom. The van der Waals surface area contributed by atoms with Gasteiger partial charge in [0.2, 0.25) is 0 Å². The maximum atomic E-state index is 12.8. The van der Waals surface area contributed by atoms with Crippen molar-refractivity contribution in [2.75, 3.05) is 0 Å². The van der Waals surface area contributed by atoms with Crippen LogP contribution in [0.25, 0.3) is 0 Å². The molecule has 0 fully saturated rings. The van der Waals surface area contributed by atoms with Crippen molar-refractivity contribution in [3.05, 3.63) is 53.9 Å². The van der Waals surface area contributed by atoms with Crippen LogP contribution in [-0.4, -0.2) is 4.98 Å². The lowest BCUT2D eigenvalue weighted by Crippen LogP contribution is -2.07. The van der Waals surface area contributed by atoms with Gasteiger partial charge in [-0.25, -0.2) is 0 Å². The van der Waals surface area contributed by atoms with E-state index in [1.807, 2.05) is 0 Å². The maximum Gasteiger partial charge on any atom is 0.419 e. The summed E-state index contributed by atoms with van der Waals surface area (Å²) in [4.78, 5) is 3.95. The molecule has 0 aliphatic heterocycles. The van der Waals surface area contributed by atoms with Gasteiger partial charge in [0.1, 0.15) is 11.5 Å². The number of alkyl halides is 3. The number of rotatable bonds is 3. The molecular weight excluding hydrogens is 257 g/mol. The molecule has 2 rings (SSSR count). The summed E-state index contributed by atoms with van der Waals surface area (Å²) in [5.74, 6) is -0.0220. The molecule has 0 atom stereocenters. The molecule has 2 N–H and O–H groups in total. The highest BCUT2D eigenvalue weighted by molar-refractivity contribution is 5.39. The number of ether oxygens (including phenoxy) is 1. The van der Waals surface area contributed by atoms with Crippen LogP contribution in [0.4, 0.5) is 13.2 Å². The van der Waals surface area contributed by atoms with E-state index in [9.17, 15) is 13.2 Å². The molecule has 0 saturated carbocycles. The summed E-state index contributed by atoms with van der Waals surface area (Å²) in [5, 5.41) is 0. The lowest BCUT2D eigenvalue weighted by atomic mass is 10.2. The summed E-state index contributed by atoms with van der Waals surface area (Å²) < 4.78 is 43.5. The van der Waals surface area contributed by atoms with Gasteiger partial charge in [0.05, 0.1) is 17.5 Å². The molecular formula is C13H11F3N2O. The molecule has 6 heteroatoms. The molecule has 2 aromatic rings. The van der Waals surface area contributed by atoms with E-state index >= 15 is 0 Å². The van der Waals surface area contributed by atoms with Crippen LogP contribution in [0.2, 0.25) is 0 Å². The zero-order valence-electron chi connectivity index (χ0n) is 9.82. The SMILES string of the molecule is NCc1ccc(Oc2ccccc2C(F)(F)F)cn1. The first kappa shape index (κ1) is 13.4. The van der Waals surface area contributed by atoms with Gasteiger partial charge in [-0.2, -0.15) is 13.2 Å². The Morgan fingerprint density at radius 3 is 2.42 bits per heavy atom. The maximum absolute atomic E-state index is 12.8. The van der Waals surface area contributed by atoms with Gasteiger partial charge in [-0.05, 0) is 24.3 Å². The summed E-state index contributed by atoms with van der Waals surface area (Å²) >= 11 is 0. The lowest BCUT2D eigenvalue weighted by Gasteiger charge is -2.13. The van der Waals surface area contributed by atoms with E-state index in [0.29, 0.717) is 5.69 Å². The highest BCUT2D eigenvalue weighted by atomic mass is 19.4. The van der Waals surface area contributed by atoms with Crippen molar-refractivity contribution in [3.8, 4) is 11.5 Å². The molecule has 1 aromatic heterocycles. The van der Waals surface area contributed by atoms with Crippen LogP contribution < -0.4 is 10.5 Å². The molecule has 0 spiro atoms. The van der Waals surface area contributed by atoms with Crippen molar-refractivity contribution >= 4 is 0 Å². The number of aromatic nitrogens is 1. The fourth-order valence-corrected chi connectivity index (χ4v) is 1.51. The minimum atomic E-state index is -4.46. The Balaban J connectivity index is 2.28. The monoisotopic (exact) mass is 268 g/mol. The van der Waals surface area contributed by atoms with E-state index in [1.54, 1.807) is 6.07 Å². The Morgan fingerprint density at radius 1 is 1.11 bits per heavy atom. The van der Waals surface area contributed by atoms with Crippen molar-refractivity contribution in [2.24, 2.45) is 5.73 Å². The van der Waals surface area contributed by atoms with Crippen LogP contribution in [0.5, 0.6) is 11.5 Å². The van der Waals surface area contributed by atoms with Gasteiger partial charge < -0.3 is 10.5 Å². The van der Waals surface area contributed by atoms with E-state index in [0.717, 1.165) is 6.07 Å². The predicted octanol–water partition coefficient (Wildman–Crippen LogP) is 3.35. The summed E-state index contributed by atoms with van der Waals surface area (Å²) in [6, 6.07) is 8.16. The quantitative estimate of drug-likeness (QED) is 0.928. The second kappa shape index (κ2) is 5.27. The third kappa shape index (κ3) is 3.23. The van der Waals surface area contributed by atoms with E-state index in [4.69, 9.17) is 10.5 Å². The topological polar surface area (TPSA) is 48.1 Å². The van der Waals surface area contributed by atoms with Gasteiger partial charge in [-0.1, -0.05) is 12.1 Å². The van der Waals surface area contributed by atoms with Crippen molar-refractivity contribution < 1.29 is 17.9 Å². The van der Waals surface area contributed by atoms with Crippen LogP contribution >= 0.6 is 0 Å². The Hall–Kier alpha value is -2.08. The predicted molar refractivity (Wildman–Crippen MR) is 63.6 cm³/mol. The van der Waals surface area contributed by atoms with Gasteiger partial charge in [0.25, 0.3) is 0 Å². The summed E-state index contributed by atoms with van der Waals surface area (Å²) in [7, 11) is 0. The summed E-state index contributed by atoms with van der Waals surface area (Å²) in [6.07, 6.45) is -3.11. The van der Waals surface area contributed by atoms with E-state index < -0.39 is 11.7 Å². The normalized spacial score (nSPS) is 11.4. The number of nitrogens with two attached hydrogens (primary N) is 1. The van der Waals surface area contributed by atoms with Crippen LogP contribution in [0.15, 0.2) is 42.6 Å². The second-order valence-corrected chi connectivity index (χ2v) is 3.79. The molecule has 0 radical (unpaired) electrons. The first-order valence-corrected chi connectivity index (χ1v) is 5.50. The molecule has 0 saturated heterocycles. The van der Waals surface area contributed by atoms with Crippen molar-refractivity contribution in [1.82, 2.24) is 4.98 Å². The largest absolute Gasteiger partial charge is 0.455 e. The standard InChI is InChI=1S/C13H11F3N2O/c14-13(15,16)11-3-1-2-4-12(11)19-10-6-5-9(7-17)18-8-10/h1-6,8H,7,17H2. The average molecular weight is 268 g/mol. The van der Waals surface area contributed by atoms with Gasteiger partial charge >= 0.3 is 6.18 Å². The molecule has 0 aliphatic carbocycles. The Kier molecular flexibility index (Phi) is 3.71. The van der Waals surface area contributed by atoms with E-state index in [-0.39, 0.29) is 18.0 Å². The number of hydrogen-bond acceptors (Lipinski definition) is 3. The summed E-state index contributed by atoms with van der Waals surface area (Å²) in [5.41, 5.74) is 5.20. The molecule has 100 valence electrons. The van der Waals surface area contributed by atoms with Gasteiger partial charge in [-0.3, -0.25) is 4.98 Å². The second-order valence-electron chi connectivity index (χ2n) is 3.79. The Labute approximate surface area is 107 Å². The molecule has 0 amide bonds. The highest BCUT2D eigenvalue weighted by Gasteiger charge is 2.34. The van der Waals surface area contributed by atoms with Gasteiger partial charge in [-0.15, -0.1) is 0 Å². The number of hydrogen-bond donors (Lipinski definition) is 1. The van der Waals surface area contributed by atoms with Gasteiger partial charge in [0.15, 0.2) is 0 Å². The zero-order valence-corrected chi connectivity index (χ0v) is 9.82. The van der Waals surface area contributed by atoms with E-state index in [2.05, 4.69) is 4.98 Å². The minimum absolute atomic E-state index is 0.230.